The van der Waals surface area contributed by atoms with Crippen LogP contribution in [0.4, 0.5) is 5.95 Å². The van der Waals surface area contributed by atoms with Gasteiger partial charge in [0.25, 0.3) is 0 Å². The largest absolute Gasteiger partial charge is 0.481 e. The van der Waals surface area contributed by atoms with Crippen LogP contribution in [0, 0.1) is 19.8 Å². The number of carbonyl (C=O) groups is 1. The minimum atomic E-state index is -0.521. The molecule has 3 heterocycles. The lowest BCUT2D eigenvalue weighted by molar-refractivity contribution is -0.136. The normalized spacial score (nSPS) is 23.5. The fraction of sp³-hybridized carbons (Fsp3) is 0.577. The van der Waals surface area contributed by atoms with E-state index in [-0.39, 0.29) is 11.8 Å². The molecule has 7 nitrogen and oxygen atoms in total. The number of allylic oxidation sites excluding steroid dienone is 2. The fourth-order valence-corrected chi connectivity index (χ4v) is 4.37. The van der Waals surface area contributed by atoms with Crippen LogP contribution in [0.15, 0.2) is 36.2 Å². The van der Waals surface area contributed by atoms with Crippen molar-refractivity contribution >= 4 is 11.9 Å². The van der Waals surface area contributed by atoms with E-state index in [1.54, 1.807) is 19.1 Å². The molecule has 0 spiro atoms. The fourth-order valence-electron chi connectivity index (χ4n) is 4.37. The third-order valence-electron chi connectivity index (χ3n) is 6.16. The Bertz CT molecular complexity index is 924. The average molecular weight is 456 g/mol. The van der Waals surface area contributed by atoms with E-state index in [9.17, 15) is 4.79 Å². The number of fused-ring (bicyclic) bond motifs is 1. The summed E-state index contributed by atoms with van der Waals surface area (Å²) in [6.45, 7) is 17.4. The smallest absolute Gasteiger partial charge is 0.235 e. The first kappa shape index (κ1) is 26.4. The first-order valence-electron chi connectivity index (χ1n) is 12.0. The van der Waals surface area contributed by atoms with Crippen LogP contribution in [0.25, 0.3) is 0 Å². The summed E-state index contributed by atoms with van der Waals surface area (Å²) in [7, 11) is 3.39. The van der Waals surface area contributed by atoms with Gasteiger partial charge in [-0.15, -0.1) is 0 Å². The van der Waals surface area contributed by atoms with Gasteiger partial charge in [-0.05, 0) is 32.3 Å². The van der Waals surface area contributed by atoms with Crippen molar-refractivity contribution in [2.24, 2.45) is 5.92 Å². The van der Waals surface area contributed by atoms with E-state index in [1.807, 2.05) is 27.7 Å². The van der Waals surface area contributed by atoms with Crippen LogP contribution in [0.2, 0.25) is 0 Å². The van der Waals surface area contributed by atoms with Crippen LogP contribution in [0.3, 0.4) is 0 Å². The molecule has 0 saturated carbocycles. The predicted octanol–water partition coefficient (Wildman–Crippen LogP) is 4.53. The van der Waals surface area contributed by atoms with E-state index in [0.29, 0.717) is 30.7 Å². The summed E-state index contributed by atoms with van der Waals surface area (Å²) >= 11 is 0. The standard InChI is InChI=1S/C21H27N5O2.C3H8.C2H6/c1-13-14(2)22-20(23-18(13)28-5)26-11-17-19(27)25(4)15(3)24-21(17,12-26)16-9-7-6-8-10-16;1-3-2;1-2/h7,9-10,17,24H,3,6,8,11-12H2,1-2,4-5H3;3H2,1-2H3;1-2H3/t17?,21-;;/m1../s1. The Morgan fingerprint density at radius 1 is 1.24 bits per heavy atom. The number of anilines is 1. The zero-order valence-electron chi connectivity index (χ0n) is 21.7. The van der Waals surface area contributed by atoms with Gasteiger partial charge in [0, 0.05) is 31.4 Å². The van der Waals surface area contributed by atoms with Gasteiger partial charge >= 0.3 is 0 Å². The topological polar surface area (TPSA) is 70.6 Å². The van der Waals surface area contributed by atoms with Crippen LogP contribution < -0.4 is 15.0 Å². The quantitative estimate of drug-likeness (QED) is 0.722. The molecule has 1 aliphatic carbocycles. The molecular formula is C26H41N5O2. The van der Waals surface area contributed by atoms with Crippen molar-refractivity contribution in [2.75, 3.05) is 32.1 Å². The van der Waals surface area contributed by atoms with Gasteiger partial charge in [0.15, 0.2) is 0 Å². The maximum atomic E-state index is 13.2. The van der Waals surface area contributed by atoms with Crippen LogP contribution >= 0.6 is 0 Å². The number of amides is 1. The maximum Gasteiger partial charge on any atom is 0.235 e. The third kappa shape index (κ3) is 5.07. The Balaban J connectivity index is 0.000000714. The first-order chi connectivity index (χ1) is 15.8. The predicted molar refractivity (Wildman–Crippen MR) is 135 cm³/mol. The van der Waals surface area contributed by atoms with E-state index in [0.717, 1.165) is 29.7 Å². The highest BCUT2D eigenvalue weighted by Crippen LogP contribution is 2.42. The number of aryl methyl sites for hydroxylation is 1. The molecule has 1 aromatic heterocycles. The molecule has 1 amide bonds. The number of nitrogens with zero attached hydrogens (tertiary/aromatic N) is 4. The van der Waals surface area contributed by atoms with Gasteiger partial charge < -0.3 is 19.9 Å². The molecule has 33 heavy (non-hydrogen) atoms. The molecule has 0 bridgehead atoms. The van der Waals surface area contributed by atoms with Gasteiger partial charge in [-0.2, -0.15) is 4.98 Å². The summed E-state index contributed by atoms with van der Waals surface area (Å²) in [6, 6.07) is 0. The SMILES string of the molecule is C=C1N[C@@]2(C3=CCCC=C3)CN(c3nc(C)c(C)c(OC)n3)CC2C(=O)N1C.CC.CCC. The summed E-state index contributed by atoms with van der Waals surface area (Å²) in [4.78, 5) is 26.2. The van der Waals surface area contributed by atoms with Crippen molar-refractivity contribution in [2.45, 2.75) is 66.3 Å². The van der Waals surface area contributed by atoms with Crippen LogP contribution in [-0.2, 0) is 4.79 Å². The van der Waals surface area contributed by atoms with E-state index in [1.165, 1.54) is 6.42 Å². The molecule has 1 N–H and O–H groups in total. The lowest BCUT2D eigenvalue weighted by Crippen LogP contribution is -2.63. The molecule has 0 aromatic carbocycles. The molecule has 7 heteroatoms. The molecule has 2 atom stereocenters. The molecule has 4 rings (SSSR count). The Morgan fingerprint density at radius 2 is 1.91 bits per heavy atom. The van der Waals surface area contributed by atoms with E-state index in [4.69, 9.17) is 4.74 Å². The minimum Gasteiger partial charge on any atom is -0.481 e. The second-order valence-corrected chi connectivity index (χ2v) is 8.46. The van der Waals surface area contributed by atoms with Gasteiger partial charge in [0.1, 0.15) is 5.82 Å². The summed E-state index contributed by atoms with van der Waals surface area (Å²) < 4.78 is 5.44. The van der Waals surface area contributed by atoms with Crippen molar-refractivity contribution < 1.29 is 9.53 Å². The van der Waals surface area contributed by atoms with Crippen molar-refractivity contribution in [3.63, 3.8) is 0 Å². The molecule has 2 saturated heterocycles. The zero-order chi connectivity index (χ0) is 24.8. The van der Waals surface area contributed by atoms with Crippen LogP contribution in [0.5, 0.6) is 5.88 Å². The average Bonchev–Trinajstić information content (AvgIpc) is 3.22. The van der Waals surface area contributed by atoms with Gasteiger partial charge in [-0.25, -0.2) is 4.98 Å². The second-order valence-electron chi connectivity index (χ2n) is 8.46. The Kier molecular flexibility index (Phi) is 9.08. The lowest BCUT2D eigenvalue weighted by atomic mass is 9.76. The maximum absolute atomic E-state index is 13.2. The van der Waals surface area contributed by atoms with Crippen LogP contribution in [-0.4, -0.2) is 53.6 Å². The molecule has 1 unspecified atom stereocenters. The summed E-state index contributed by atoms with van der Waals surface area (Å²) in [5, 5.41) is 3.56. The number of ether oxygens (including phenoxy) is 1. The third-order valence-corrected chi connectivity index (χ3v) is 6.16. The van der Waals surface area contributed by atoms with Crippen molar-refractivity contribution in [3.05, 3.63) is 47.5 Å². The number of aromatic nitrogens is 2. The highest BCUT2D eigenvalue weighted by atomic mass is 16.5. The highest BCUT2D eigenvalue weighted by molar-refractivity contribution is 5.86. The number of hydrogen-bond acceptors (Lipinski definition) is 6. The summed E-state index contributed by atoms with van der Waals surface area (Å²) in [5.41, 5.74) is 2.43. The van der Waals surface area contributed by atoms with Crippen molar-refractivity contribution in [3.8, 4) is 5.88 Å². The zero-order valence-corrected chi connectivity index (χ0v) is 21.7. The number of hydrogen-bond donors (Lipinski definition) is 1. The second kappa shape index (κ2) is 11.3. The number of methoxy groups -OCH3 is 1. The van der Waals surface area contributed by atoms with Crippen LogP contribution in [0.1, 0.15) is 58.2 Å². The molecule has 1 aromatic rings. The number of nitrogens with one attached hydrogen (secondary N) is 1. The Labute approximate surface area is 199 Å². The number of rotatable bonds is 3. The van der Waals surface area contributed by atoms with Crippen molar-refractivity contribution in [1.29, 1.82) is 0 Å². The van der Waals surface area contributed by atoms with Gasteiger partial charge in [0.2, 0.25) is 17.7 Å². The van der Waals surface area contributed by atoms with Crippen molar-refractivity contribution in [1.82, 2.24) is 20.2 Å². The monoisotopic (exact) mass is 455 g/mol. The van der Waals surface area contributed by atoms with E-state index in [2.05, 4.69) is 58.8 Å². The molecule has 3 aliphatic rings. The van der Waals surface area contributed by atoms with E-state index >= 15 is 0 Å². The minimum absolute atomic E-state index is 0.0712. The van der Waals surface area contributed by atoms with Gasteiger partial charge in [0.05, 0.1) is 18.6 Å². The van der Waals surface area contributed by atoms with E-state index < -0.39 is 5.54 Å². The molecular weight excluding hydrogens is 414 g/mol. The highest BCUT2D eigenvalue weighted by Gasteiger charge is 2.56. The van der Waals surface area contributed by atoms with Gasteiger partial charge in [-0.3, -0.25) is 4.79 Å². The molecule has 2 fully saturated rings. The number of carbonyl (C=O) groups excluding carboxylic acids is 1. The first-order valence-corrected chi connectivity index (χ1v) is 12.0. The summed E-state index contributed by atoms with van der Waals surface area (Å²) in [5.74, 6) is 1.62. The molecule has 2 aliphatic heterocycles. The molecule has 182 valence electrons. The molecule has 0 radical (unpaired) electrons. The summed E-state index contributed by atoms with van der Waals surface area (Å²) in [6.07, 6.45) is 9.80. The Morgan fingerprint density at radius 3 is 2.48 bits per heavy atom. The Hall–Kier alpha value is -2.83. The lowest BCUT2D eigenvalue weighted by Gasteiger charge is -2.45. The van der Waals surface area contributed by atoms with Gasteiger partial charge in [-0.1, -0.05) is 58.9 Å².